The lowest BCUT2D eigenvalue weighted by atomic mass is 9.96. The van der Waals surface area contributed by atoms with Gasteiger partial charge < -0.3 is 15.3 Å². The molecule has 6 N–H and O–H groups in total. The van der Waals surface area contributed by atoms with E-state index < -0.39 is 17.8 Å². The second-order valence-electron chi connectivity index (χ2n) is 10.5. The molecule has 9 nitrogen and oxygen atoms in total. The van der Waals surface area contributed by atoms with E-state index in [-0.39, 0.29) is 18.0 Å². The largest absolute Gasteiger partial charge is 0.394 e. The molecule has 0 saturated heterocycles. The molecule has 0 radical (unpaired) electrons. The first kappa shape index (κ1) is 38.2. The molecule has 2 rings (SSSR count). The van der Waals surface area contributed by atoms with Gasteiger partial charge in [-0.1, -0.05) is 64.0 Å². The maximum absolute atomic E-state index is 14.9. The van der Waals surface area contributed by atoms with Crippen LogP contribution in [0.15, 0.2) is 77.1 Å². The van der Waals surface area contributed by atoms with Gasteiger partial charge in [-0.05, 0) is 75.9 Å². The van der Waals surface area contributed by atoms with Gasteiger partial charge >= 0.3 is 0 Å². The van der Waals surface area contributed by atoms with Crippen LogP contribution >= 0.6 is 0 Å². The average molecular weight is 610 g/mol. The number of amides is 1. The second kappa shape index (κ2) is 20.9. The van der Waals surface area contributed by atoms with Gasteiger partial charge in [-0.2, -0.15) is 5.53 Å². The Morgan fingerprint density at radius 2 is 1.93 bits per heavy atom. The monoisotopic (exact) mass is 609 g/mol. The molecule has 1 amide bonds. The van der Waals surface area contributed by atoms with E-state index >= 15 is 0 Å². The lowest BCUT2D eigenvalue weighted by Crippen LogP contribution is -2.53. The van der Waals surface area contributed by atoms with Gasteiger partial charge in [-0.3, -0.25) is 21.1 Å². The second-order valence-corrected chi connectivity index (χ2v) is 10.5. The third-order valence-electron chi connectivity index (χ3n) is 6.60. The van der Waals surface area contributed by atoms with Gasteiger partial charge in [0.15, 0.2) is 0 Å². The predicted molar refractivity (Wildman–Crippen MR) is 180 cm³/mol. The number of nitrogens with one attached hydrogen (secondary N) is 3. The highest BCUT2D eigenvalue weighted by Crippen LogP contribution is 2.23. The van der Waals surface area contributed by atoms with E-state index in [1.807, 2.05) is 45.1 Å². The number of unbranched alkanes of at least 4 members (excludes halogenated alkanes) is 1. The molecule has 1 aliphatic rings. The lowest BCUT2D eigenvalue weighted by molar-refractivity contribution is 0.0961. The zero-order valence-corrected chi connectivity index (χ0v) is 27.5. The van der Waals surface area contributed by atoms with Crippen molar-refractivity contribution in [2.24, 2.45) is 10.8 Å². The van der Waals surface area contributed by atoms with Gasteiger partial charge in [0.05, 0.1) is 18.2 Å². The summed E-state index contributed by atoms with van der Waals surface area (Å²) in [6.07, 6.45) is 18.0. The molecule has 1 aromatic rings. The molecule has 0 aliphatic carbocycles. The molecule has 1 unspecified atom stereocenters. The summed E-state index contributed by atoms with van der Waals surface area (Å²) in [7, 11) is 0. The molecule has 1 heterocycles. The SMILES string of the molecule is C/C=C/C=C\N=C(C)N1CCc2cc(F)c(C(=O)N/C(C)=C/C=C\C(=C\CCC)C(=N)N(NN)C(C)CO)cc2C1.CCC. The number of halogens is 1. The number of carbonyl (C=O) groups excluding carboxylic acids is 1. The van der Waals surface area contributed by atoms with Crippen LogP contribution in [0.3, 0.4) is 0 Å². The Kier molecular flexibility index (Phi) is 18.2. The van der Waals surface area contributed by atoms with Crippen molar-refractivity contribution in [3.05, 3.63) is 94.6 Å². The number of fused-ring (bicyclic) bond motifs is 1. The van der Waals surface area contributed by atoms with E-state index in [9.17, 15) is 14.3 Å². The van der Waals surface area contributed by atoms with Crippen LogP contribution in [0.4, 0.5) is 4.39 Å². The maximum Gasteiger partial charge on any atom is 0.258 e. The van der Waals surface area contributed by atoms with Crippen molar-refractivity contribution < 1.29 is 14.3 Å². The third kappa shape index (κ3) is 12.4. The van der Waals surface area contributed by atoms with Gasteiger partial charge in [0.1, 0.15) is 17.5 Å². The van der Waals surface area contributed by atoms with Crippen molar-refractivity contribution in [2.45, 2.75) is 86.7 Å². The topological polar surface area (TPSA) is 130 Å². The summed E-state index contributed by atoms with van der Waals surface area (Å²) in [6, 6.07) is 2.68. The number of rotatable bonds is 12. The van der Waals surface area contributed by atoms with Crippen LogP contribution < -0.4 is 16.7 Å². The van der Waals surface area contributed by atoms with Crippen molar-refractivity contribution in [3.8, 4) is 0 Å². The van der Waals surface area contributed by atoms with Crippen molar-refractivity contribution >= 4 is 17.6 Å². The van der Waals surface area contributed by atoms with Gasteiger partial charge in [0.2, 0.25) is 0 Å². The van der Waals surface area contributed by atoms with Crippen LogP contribution in [-0.4, -0.2) is 51.8 Å². The van der Waals surface area contributed by atoms with Crippen molar-refractivity contribution in [2.75, 3.05) is 13.2 Å². The molecule has 0 saturated carbocycles. The molecule has 0 spiro atoms. The molecular weight excluding hydrogens is 557 g/mol. The fourth-order valence-electron chi connectivity index (χ4n) is 4.18. The standard InChI is InChI=1S/C31H44FN7O2.C3H8/c1-6-8-10-16-35-24(5)38-17-15-26-19-29(32)28(18-27(26)20-38)31(41)36-22(3)12-11-14-25(13-9-7-2)30(33)39(37-34)23(4)21-40;1-3-2/h6,8,10-14,16,18-19,23,33,37,40H,7,9,15,17,20-21,34H2,1-5H3,(H,36,41);3H2,1-2H3/b8-6+,14-11-,16-10-,22-12+,25-13-,33-30?,35-24?;. The Labute approximate surface area is 263 Å². The minimum absolute atomic E-state index is 0.0159. The number of carbonyl (C=O) groups is 1. The summed E-state index contributed by atoms with van der Waals surface area (Å²) in [5.41, 5.74) is 5.35. The van der Waals surface area contributed by atoms with Crippen molar-refractivity contribution in [1.29, 1.82) is 5.41 Å². The normalized spacial score (nSPS) is 15.0. The molecule has 1 atom stereocenters. The van der Waals surface area contributed by atoms with Crippen LogP contribution in [-0.2, 0) is 13.0 Å². The van der Waals surface area contributed by atoms with E-state index in [0.717, 1.165) is 36.3 Å². The highest BCUT2D eigenvalue weighted by Gasteiger charge is 2.22. The van der Waals surface area contributed by atoms with E-state index in [0.29, 0.717) is 24.2 Å². The first-order chi connectivity index (χ1) is 21.1. The Balaban J connectivity index is 0.00000309. The van der Waals surface area contributed by atoms with Crippen LogP contribution in [0.2, 0.25) is 0 Å². The Morgan fingerprint density at radius 3 is 2.55 bits per heavy atom. The van der Waals surface area contributed by atoms with Crippen LogP contribution in [0.1, 0.15) is 89.2 Å². The summed E-state index contributed by atoms with van der Waals surface area (Å²) >= 11 is 0. The van der Waals surface area contributed by atoms with Crippen molar-refractivity contribution in [1.82, 2.24) is 20.8 Å². The number of aliphatic hydroxyl groups is 1. The lowest BCUT2D eigenvalue weighted by Gasteiger charge is -2.30. The zero-order chi connectivity index (χ0) is 33.1. The molecule has 1 aromatic carbocycles. The number of amidine groups is 2. The number of allylic oxidation sites excluding steroid dienone is 7. The number of hydrogen-bond acceptors (Lipinski definition) is 6. The number of benzene rings is 1. The molecule has 0 fully saturated rings. The van der Waals surface area contributed by atoms with E-state index in [1.165, 1.54) is 17.5 Å². The van der Waals surface area contributed by atoms with Crippen LogP contribution in [0.5, 0.6) is 0 Å². The molecule has 242 valence electrons. The first-order valence-corrected chi connectivity index (χ1v) is 15.3. The maximum atomic E-state index is 14.9. The average Bonchev–Trinajstić information content (AvgIpc) is 3.00. The number of nitrogens with two attached hydrogens (primary N) is 1. The van der Waals surface area contributed by atoms with Crippen LogP contribution in [0, 0.1) is 11.2 Å². The summed E-state index contributed by atoms with van der Waals surface area (Å²) in [6.45, 7) is 14.7. The molecule has 0 aromatic heterocycles. The molecule has 10 heteroatoms. The van der Waals surface area contributed by atoms with Crippen molar-refractivity contribution in [3.63, 3.8) is 0 Å². The van der Waals surface area contributed by atoms with E-state index in [1.54, 1.807) is 44.3 Å². The number of nitrogens with zero attached hydrogens (tertiary/aromatic N) is 3. The number of aliphatic imine (C=N–C) groups is 1. The summed E-state index contributed by atoms with van der Waals surface area (Å²) in [5, 5.41) is 22.1. The fraction of sp³-hybridized carbons (Fsp3) is 0.441. The molecule has 0 bridgehead atoms. The van der Waals surface area contributed by atoms with Gasteiger partial charge in [-0.15, -0.1) is 0 Å². The number of aliphatic hydroxyl groups excluding tert-OH is 1. The quantitative estimate of drug-likeness (QED) is 0.0644. The fourth-order valence-corrected chi connectivity index (χ4v) is 4.18. The van der Waals surface area contributed by atoms with Gasteiger partial charge in [0.25, 0.3) is 5.91 Å². The molecule has 44 heavy (non-hydrogen) atoms. The minimum atomic E-state index is -0.552. The minimum Gasteiger partial charge on any atom is -0.394 e. The van der Waals surface area contributed by atoms with Gasteiger partial charge in [-0.25, -0.2) is 9.38 Å². The van der Waals surface area contributed by atoms with E-state index in [4.69, 9.17) is 11.3 Å². The highest BCUT2D eigenvalue weighted by atomic mass is 19.1. The molecular formula is C34H52FN7O2. The highest BCUT2D eigenvalue weighted by molar-refractivity contribution is 5.98. The zero-order valence-electron chi connectivity index (χ0n) is 27.5. The summed E-state index contributed by atoms with van der Waals surface area (Å²) < 4.78 is 14.9. The first-order valence-electron chi connectivity index (χ1n) is 15.3. The number of hydrogen-bond donors (Lipinski definition) is 5. The predicted octanol–water partition coefficient (Wildman–Crippen LogP) is 6.06. The van der Waals surface area contributed by atoms with Gasteiger partial charge in [0, 0.05) is 30.6 Å². The number of hydrazine groups is 2. The summed E-state index contributed by atoms with van der Waals surface area (Å²) in [4.78, 5) is 19.6. The Bertz CT molecular complexity index is 1260. The smallest absolute Gasteiger partial charge is 0.258 e. The Morgan fingerprint density at radius 1 is 1.23 bits per heavy atom. The Hall–Kier alpha value is -3.86. The van der Waals surface area contributed by atoms with E-state index in [2.05, 4.69) is 34.6 Å². The molecule has 1 aliphatic heterocycles. The third-order valence-corrected chi connectivity index (χ3v) is 6.60. The summed E-state index contributed by atoms with van der Waals surface area (Å²) in [5.74, 6) is 5.45. The van der Waals surface area contributed by atoms with Crippen LogP contribution in [0.25, 0.3) is 0 Å².